The normalized spacial score (nSPS) is 11.6. The van der Waals surface area contributed by atoms with Crippen LogP contribution in [0.1, 0.15) is 49.2 Å². The number of phenols is 1. The maximum absolute atomic E-state index is 9.90. The van der Waals surface area contributed by atoms with Crippen molar-refractivity contribution in [1.29, 1.82) is 0 Å². The molecule has 0 bridgehead atoms. The number of aryl methyl sites for hydroxylation is 3. The fourth-order valence-electron chi connectivity index (χ4n) is 3.92. The van der Waals surface area contributed by atoms with E-state index in [2.05, 4.69) is 41.6 Å². The van der Waals surface area contributed by atoms with Crippen LogP contribution >= 0.6 is 0 Å². The highest BCUT2D eigenvalue weighted by Crippen LogP contribution is 2.31. The summed E-state index contributed by atoms with van der Waals surface area (Å²) in [5, 5.41) is 11.0. The zero-order chi connectivity index (χ0) is 20.5. The number of aromatic hydroxyl groups is 1. The molecule has 2 aromatic heterocycles. The van der Waals surface area contributed by atoms with E-state index in [0.717, 1.165) is 64.6 Å². The summed E-state index contributed by atoms with van der Waals surface area (Å²) in [5.74, 6) is 1.84. The zero-order valence-corrected chi connectivity index (χ0v) is 17.4. The molecule has 29 heavy (non-hydrogen) atoms. The number of hydrogen-bond donors (Lipinski definition) is 2. The molecule has 0 unspecified atom stereocenters. The number of rotatable bonds is 6. The minimum Gasteiger partial charge on any atom is -0.508 e. The molecular weight excluding hydrogens is 360 g/mol. The third-order valence-electron chi connectivity index (χ3n) is 5.61. The molecule has 0 aliphatic carbocycles. The number of anilines is 1. The second-order valence-corrected chi connectivity index (χ2v) is 7.74. The molecular formula is C24H28N4O. The van der Waals surface area contributed by atoms with Crippen LogP contribution in [0, 0.1) is 6.92 Å². The Hall–Kier alpha value is -3.08. The Morgan fingerprint density at radius 3 is 2.55 bits per heavy atom. The van der Waals surface area contributed by atoms with Gasteiger partial charge in [-0.25, -0.2) is 9.97 Å². The van der Waals surface area contributed by atoms with E-state index in [1.165, 1.54) is 5.56 Å². The van der Waals surface area contributed by atoms with Gasteiger partial charge in [0, 0.05) is 18.4 Å². The van der Waals surface area contributed by atoms with Crippen molar-refractivity contribution >= 4 is 27.8 Å². The minimum absolute atomic E-state index is 0.321. The summed E-state index contributed by atoms with van der Waals surface area (Å²) in [4.78, 5) is 9.55. The van der Waals surface area contributed by atoms with E-state index in [4.69, 9.17) is 10.7 Å². The van der Waals surface area contributed by atoms with Crippen molar-refractivity contribution in [3.8, 4) is 5.75 Å². The maximum atomic E-state index is 9.90. The van der Waals surface area contributed by atoms with E-state index in [1.807, 2.05) is 19.1 Å². The van der Waals surface area contributed by atoms with Gasteiger partial charge in [0.2, 0.25) is 0 Å². The van der Waals surface area contributed by atoms with Gasteiger partial charge in [-0.05, 0) is 48.6 Å². The number of fused-ring (bicyclic) bond motifs is 3. The van der Waals surface area contributed by atoms with Crippen LogP contribution in [0.4, 0.5) is 5.82 Å². The number of imidazole rings is 1. The number of nitrogens with two attached hydrogens (primary N) is 1. The molecule has 0 atom stereocenters. The van der Waals surface area contributed by atoms with Crippen LogP contribution < -0.4 is 5.73 Å². The van der Waals surface area contributed by atoms with Gasteiger partial charge in [-0.2, -0.15) is 0 Å². The van der Waals surface area contributed by atoms with Crippen molar-refractivity contribution in [2.75, 3.05) is 5.73 Å². The van der Waals surface area contributed by atoms with Crippen LogP contribution in [0.3, 0.4) is 0 Å². The van der Waals surface area contributed by atoms with Crippen molar-refractivity contribution in [3.63, 3.8) is 0 Å². The lowest BCUT2D eigenvalue weighted by Gasteiger charge is -2.12. The van der Waals surface area contributed by atoms with Gasteiger partial charge in [0.1, 0.15) is 17.1 Å². The predicted molar refractivity (Wildman–Crippen MR) is 119 cm³/mol. The first-order valence-corrected chi connectivity index (χ1v) is 10.4. The van der Waals surface area contributed by atoms with Crippen molar-refractivity contribution in [2.45, 2.75) is 53.0 Å². The number of aromatic nitrogens is 3. The van der Waals surface area contributed by atoms with Crippen LogP contribution in [0.2, 0.25) is 0 Å². The van der Waals surface area contributed by atoms with Crippen molar-refractivity contribution in [3.05, 3.63) is 58.9 Å². The van der Waals surface area contributed by atoms with Gasteiger partial charge >= 0.3 is 0 Å². The highest BCUT2D eigenvalue weighted by atomic mass is 16.3. The van der Waals surface area contributed by atoms with Crippen molar-refractivity contribution in [1.82, 2.24) is 14.5 Å². The molecule has 0 saturated heterocycles. The molecule has 2 heterocycles. The molecule has 0 radical (unpaired) electrons. The third kappa shape index (κ3) is 3.53. The van der Waals surface area contributed by atoms with Crippen molar-refractivity contribution < 1.29 is 5.11 Å². The van der Waals surface area contributed by atoms with Crippen LogP contribution in [-0.4, -0.2) is 19.6 Å². The highest BCUT2D eigenvalue weighted by molar-refractivity contribution is 6.06. The molecule has 5 nitrogen and oxygen atoms in total. The van der Waals surface area contributed by atoms with Crippen LogP contribution in [0.5, 0.6) is 5.75 Å². The van der Waals surface area contributed by atoms with E-state index in [9.17, 15) is 5.11 Å². The summed E-state index contributed by atoms with van der Waals surface area (Å²) >= 11 is 0. The summed E-state index contributed by atoms with van der Waals surface area (Å²) in [7, 11) is 0. The van der Waals surface area contributed by atoms with Crippen LogP contribution in [0.15, 0.2) is 36.4 Å². The standard InChI is InChI=1S/C24H28N4O/c1-4-6-7-21-27-22-23(28(21)14-17-9-11-20(29)15(3)12-17)18-10-8-16(5-2)13-19(18)26-24(22)25/h8-13,29H,4-7,14H2,1-3H3,(H2,25,26). The molecule has 5 heteroatoms. The quantitative estimate of drug-likeness (QED) is 0.480. The second-order valence-electron chi connectivity index (χ2n) is 7.74. The number of phenolic OH excluding ortho intramolecular Hbond substituents is 1. The fraction of sp³-hybridized carbons (Fsp3) is 0.333. The summed E-state index contributed by atoms with van der Waals surface area (Å²) in [5.41, 5.74) is 12.3. The summed E-state index contributed by atoms with van der Waals surface area (Å²) in [6, 6.07) is 12.2. The predicted octanol–water partition coefficient (Wildman–Crippen LogP) is 5.13. The van der Waals surface area contributed by atoms with E-state index in [1.54, 1.807) is 6.07 Å². The first-order chi connectivity index (χ1) is 14.0. The lowest BCUT2D eigenvalue weighted by atomic mass is 10.1. The molecule has 150 valence electrons. The van der Waals surface area contributed by atoms with Gasteiger partial charge in [0.25, 0.3) is 0 Å². The lowest BCUT2D eigenvalue weighted by Crippen LogP contribution is -2.06. The average Bonchev–Trinajstić information content (AvgIpc) is 3.08. The maximum Gasteiger partial charge on any atom is 0.152 e. The number of benzene rings is 2. The highest BCUT2D eigenvalue weighted by Gasteiger charge is 2.18. The Morgan fingerprint density at radius 1 is 1.03 bits per heavy atom. The molecule has 0 spiro atoms. The zero-order valence-electron chi connectivity index (χ0n) is 17.4. The summed E-state index contributed by atoms with van der Waals surface area (Å²) < 4.78 is 2.28. The van der Waals surface area contributed by atoms with Gasteiger partial charge < -0.3 is 15.4 Å². The number of unbranched alkanes of at least 4 members (excludes halogenated alkanes) is 1. The molecule has 0 saturated carbocycles. The SMILES string of the molecule is CCCCc1nc2c(N)nc3cc(CC)ccc3c2n1Cc1ccc(O)c(C)c1. The molecule has 0 amide bonds. The van der Waals surface area contributed by atoms with Crippen LogP contribution in [0.25, 0.3) is 21.9 Å². The summed E-state index contributed by atoms with van der Waals surface area (Å²) in [6.07, 6.45) is 4.04. The first kappa shape index (κ1) is 19.2. The van der Waals surface area contributed by atoms with Crippen molar-refractivity contribution in [2.24, 2.45) is 0 Å². The smallest absolute Gasteiger partial charge is 0.152 e. The Labute approximate surface area is 171 Å². The second kappa shape index (κ2) is 7.74. The molecule has 0 fully saturated rings. The minimum atomic E-state index is 0.321. The third-order valence-corrected chi connectivity index (χ3v) is 5.61. The summed E-state index contributed by atoms with van der Waals surface area (Å²) in [6.45, 7) is 6.94. The van der Waals surface area contributed by atoms with Crippen LogP contribution in [-0.2, 0) is 19.4 Å². The number of nitrogen functional groups attached to an aromatic ring is 1. The lowest BCUT2D eigenvalue weighted by molar-refractivity contribution is 0.470. The van der Waals surface area contributed by atoms with Gasteiger partial charge in [-0.15, -0.1) is 0 Å². The number of nitrogens with zero attached hydrogens (tertiary/aromatic N) is 3. The largest absolute Gasteiger partial charge is 0.508 e. The number of hydrogen-bond acceptors (Lipinski definition) is 4. The molecule has 0 aliphatic heterocycles. The van der Waals surface area contributed by atoms with E-state index in [-0.39, 0.29) is 0 Å². The number of pyridine rings is 1. The Bertz CT molecular complexity index is 1190. The van der Waals surface area contributed by atoms with E-state index >= 15 is 0 Å². The molecule has 2 aromatic carbocycles. The Kier molecular flexibility index (Phi) is 5.14. The monoisotopic (exact) mass is 388 g/mol. The average molecular weight is 389 g/mol. The van der Waals surface area contributed by atoms with Gasteiger partial charge in [0.05, 0.1) is 11.0 Å². The fourth-order valence-corrected chi connectivity index (χ4v) is 3.92. The van der Waals surface area contributed by atoms with Gasteiger partial charge in [-0.3, -0.25) is 0 Å². The van der Waals surface area contributed by atoms with E-state index in [0.29, 0.717) is 18.1 Å². The first-order valence-electron chi connectivity index (χ1n) is 10.4. The Morgan fingerprint density at radius 2 is 1.83 bits per heavy atom. The van der Waals surface area contributed by atoms with Gasteiger partial charge in [-0.1, -0.05) is 44.5 Å². The molecule has 4 rings (SSSR count). The topological polar surface area (TPSA) is 77.0 Å². The molecule has 0 aliphatic rings. The molecule has 4 aromatic rings. The molecule has 3 N–H and O–H groups in total. The Balaban J connectivity index is 1.96. The van der Waals surface area contributed by atoms with Gasteiger partial charge in [0.15, 0.2) is 5.82 Å². The van der Waals surface area contributed by atoms with E-state index < -0.39 is 0 Å².